The summed E-state index contributed by atoms with van der Waals surface area (Å²) in [5.41, 5.74) is 0. The van der Waals surface area contributed by atoms with E-state index in [0.717, 1.165) is 19.3 Å². The van der Waals surface area contributed by atoms with Crippen LogP contribution in [0.5, 0.6) is 0 Å². The fourth-order valence-corrected chi connectivity index (χ4v) is 1.51. The van der Waals surface area contributed by atoms with Gasteiger partial charge in [-0.25, -0.2) is 4.79 Å². The molecule has 2 heteroatoms. The number of rotatable bonds is 10. The molecule has 0 aromatic heterocycles. The van der Waals surface area contributed by atoms with E-state index in [9.17, 15) is 4.79 Å². The molecule has 0 amide bonds. The third-order valence-electron chi connectivity index (χ3n) is 2.48. The van der Waals surface area contributed by atoms with Crippen molar-refractivity contribution in [3.8, 4) is 0 Å². The van der Waals surface area contributed by atoms with Crippen LogP contribution in [-0.2, 0) is 9.53 Å². The highest BCUT2D eigenvalue weighted by molar-refractivity contribution is 5.81. The zero-order valence-electron chi connectivity index (χ0n) is 10.4. The van der Waals surface area contributed by atoms with E-state index >= 15 is 0 Å². The third kappa shape index (κ3) is 11.0. The number of allylic oxidation sites excluding steroid dienone is 2. The third-order valence-corrected chi connectivity index (χ3v) is 2.48. The highest BCUT2D eigenvalue weighted by atomic mass is 16.5. The van der Waals surface area contributed by atoms with E-state index in [2.05, 4.69) is 11.3 Å². The van der Waals surface area contributed by atoms with E-state index in [-0.39, 0.29) is 5.97 Å². The minimum Gasteiger partial charge on any atom is -0.466 e. The maximum Gasteiger partial charge on any atom is 0.330 e. The van der Waals surface area contributed by atoms with Gasteiger partial charge in [0.2, 0.25) is 0 Å². The SMILES string of the molecule is C=CCCCCCCCC/C=C/C(=O)OC. The summed E-state index contributed by atoms with van der Waals surface area (Å²) in [7, 11) is 1.40. The summed E-state index contributed by atoms with van der Waals surface area (Å²) in [5, 5.41) is 0. The molecule has 0 radical (unpaired) electrons. The van der Waals surface area contributed by atoms with Gasteiger partial charge in [-0.1, -0.05) is 37.8 Å². The molecule has 16 heavy (non-hydrogen) atoms. The molecule has 92 valence electrons. The lowest BCUT2D eigenvalue weighted by atomic mass is 10.1. The standard InChI is InChI=1S/C14H24O2/c1-3-4-5-6-7-8-9-10-11-12-13-14(15)16-2/h3,12-13H,1,4-11H2,2H3/b13-12+. The molecule has 0 fully saturated rings. The molecule has 0 aliphatic heterocycles. The number of carbonyl (C=O) groups excluding carboxylic acids is 1. The van der Waals surface area contributed by atoms with Crippen LogP contribution in [0.4, 0.5) is 0 Å². The van der Waals surface area contributed by atoms with Crippen molar-refractivity contribution >= 4 is 5.97 Å². The smallest absolute Gasteiger partial charge is 0.330 e. The van der Waals surface area contributed by atoms with Crippen molar-refractivity contribution in [2.75, 3.05) is 7.11 Å². The van der Waals surface area contributed by atoms with Crippen LogP contribution in [0.3, 0.4) is 0 Å². The van der Waals surface area contributed by atoms with Gasteiger partial charge in [-0.3, -0.25) is 0 Å². The summed E-state index contributed by atoms with van der Waals surface area (Å²) in [5.74, 6) is -0.260. The number of methoxy groups -OCH3 is 1. The lowest BCUT2D eigenvalue weighted by molar-refractivity contribution is -0.134. The van der Waals surface area contributed by atoms with Crippen LogP contribution in [0, 0.1) is 0 Å². The quantitative estimate of drug-likeness (QED) is 0.242. The van der Waals surface area contributed by atoms with Crippen LogP contribution in [0.1, 0.15) is 51.4 Å². The van der Waals surface area contributed by atoms with E-state index in [1.54, 1.807) is 0 Å². The maximum atomic E-state index is 10.7. The number of esters is 1. The lowest BCUT2D eigenvalue weighted by Gasteiger charge is -1.98. The topological polar surface area (TPSA) is 26.3 Å². The van der Waals surface area contributed by atoms with Crippen molar-refractivity contribution in [3.63, 3.8) is 0 Å². The minimum absolute atomic E-state index is 0.260. The Morgan fingerprint density at radius 3 is 2.19 bits per heavy atom. The molecule has 0 aromatic rings. The highest BCUT2D eigenvalue weighted by Gasteiger charge is 1.91. The monoisotopic (exact) mass is 224 g/mol. The predicted molar refractivity (Wildman–Crippen MR) is 68.3 cm³/mol. The first-order chi connectivity index (χ1) is 7.81. The molecule has 0 aromatic carbocycles. The Labute approximate surface area is 99.4 Å². The lowest BCUT2D eigenvalue weighted by Crippen LogP contribution is -1.93. The predicted octanol–water partition coefficient (Wildman–Crippen LogP) is 4.02. The second-order valence-corrected chi connectivity index (χ2v) is 3.91. The zero-order valence-corrected chi connectivity index (χ0v) is 10.4. The van der Waals surface area contributed by atoms with Crippen LogP contribution in [-0.4, -0.2) is 13.1 Å². The molecule has 0 unspecified atom stereocenters. The van der Waals surface area contributed by atoms with Crippen LogP contribution in [0.2, 0.25) is 0 Å². The van der Waals surface area contributed by atoms with Gasteiger partial charge in [0.15, 0.2) is 0 Å². The number of hydrogen-bond donors (Lipinski definition) is 0. The first-order valence-electron chi connectivity index (χ1n) is 6.16. The Bertz CT molecular complexity index is 207. The maximum absolute atomic E-state index is 10.7. The summed E-state index contributed by atoms with van der Waals surface area (Å²) < 4.78 is 4.50. The first-order valence-corrected chi connectivity index (χ1v) is 6.16. The molecule has 0 aliphatic rings. The van der Waals surface area contributed by atoms with Gasteiger partial charge in [-0.15, -0.1) is 6.58 Å². The van der Waals surface area contributed by atoms with Crippen molar-refractivity contribution in [2.45, 2.75) is 51.4 Å². The van der Waals surface area contributed by atoms with Gasteiger partial charge in [0.25, 0.3) is 0 Å². The molecule has 0 spiro atoms. The van der Waals surface area contributed by atoms with Gasteiger partial charge in [-0.2, -0.15) is 0 Å². The van der Waals surface area contributed by atoms with E-state index < -0.39 is 0 Å². The van der Waals surface area contributed by atoms with E-state index in [0.29, 0.717) is 0 Å². The van der Waals surface area contributed by atoms with Gasteiger partial charge >= 0.3 is 5.97 Å². The average Bonchev–Trinajstić information content (AvgIpc) is 2.31. The van der Waals surface area contributed by atoms with Crippen molar-refractivity contribution in [1.82, 2.24) is 0 Å². The Morgan fingerprint density at radius 2 is 1.62 bits per heavy atom. The van der Waals surface area contributed by atoms with E-state index in [1.165, 1.54) is 45.3 Å². The molecule has 2 nitrogen and oxygen atoms in total. The summed E-state index contributed by atoms with van der Waals surface area (Å²) >= 11 is 0. The highest BCUT2D eigenvalue weighted by Crippen LogP contribution is 2.08. The van der Waals surface area contributed by atoms with Crippen LogP contribution in [0.25, 0.3) is 0 Å². The molecule has 0 aliphatic carbocycles. The molecular weight excluding hydrogens is 200 g/mol. The van der Waals surface area contributed by atoms with Gasteiger partial charge in [0, 0.05) is 6.08 Å². The molecule has 0 rings (SSSR count). The summed E-state index contributed by atoms with van der Waals surface area (Å²) in [6.07, 6.45) is 15.1. The zero-order chi connectivity index (χ0) is 12.1. The fourth-order valence-electron chi connectivity index (χ4n) is 1.51. The van der Waals surface area contributed by atoms with Crippen molar-refractivity contribution in [2.24, 2.45) is 0 Å². The number of unbranched alkanes of at least 4 members (excludes halogenated alkanes) is 7. The number of ether oxygens (including phenoxy) is 1. The van der Waals surface area contributed by atoms with Gasteiger partial charge in [0.05, 0.1) is 7.11 Å². The minimum atomic E-state index is -0.260. The molecule has 0 saturated carbocycles. The van der Waals surface area contributed by atoms with Gasteiger partial charge in [-0.05, 0) is 25.7 Å². The van der Waals surface area contributed by atoms with E-state index in [4.69, 9.17) is 0 Å². The molecular formula is C14H24O2. The van der Waals surface area contributed by atoms with Gasteiger partial charge < -0.3 is 4.74 Å². The normalized spacial score (nSPS) is 10.6. The Balaban J connectivity index is 3.12. The van der Waals surface area contributed by atoms with Crippen LogP contribution in [0.15, 0.2) is 24.8 Å². The van der Waals surface area contributed by atoms with Gasteiger partial charge in [0.1, 0.15) is 0 Å². The Morgan fingerprint density at radius 1 is 1.06 bits per heavy atom. The second kappa shape index (κ2) is 12.0. The Hall–Kier alpha value is -1.05. The summed E-state index contributed by atoms with van der Waals surface area (Å²) in [4.78, 5) is 10.7. The number of hydrogen-bond acceptors (Lipinski definition) is 2. The molecule has 0 heterocycles. The molecule has 0 atom stereocenters. The second-order valence-electron chi connectivity index (χ2n) is 3.91. The summed E-state index contributed by atoms with van der Waals surface area (Å²) in [6, 6.07) is 0. The molecule has 0 N–H and O–H groups in total. The van der Waals surface area contributed by atoms with Crippen LogP contribution < -0.4 is 0 Å². The average molecular weight is 224 g/mol. The van der Waals surface area contributed by atoms with Crippen molar-refractivity contribution < 1.29 is 9.53 Å². The fraction of sp³-hybridized carbons (Fsp3) is 0.643. The van der Waals surface area contributed by atoms with E-state index in [1.807, 2.05) is 12.2 Å². The van der Waals surface area contributed by atoms with Crippen molar-refractivity contribution in [3.05, 3.63) is 24.8 Å². The first kappa shape index (κ1) is 14.9. The Kier molecular flexibility index (Phi) is 11.2. The van der Waals surface area contributed by atoms with Crippen molar-refractivity contribution in [1.29, 1.82) is 0 Å². The summed E-state index contributed by atoms with van der Waals surface area (Å²) in [6.45, 7) is 3.70. The van der Waals surface area contributed by atoms with Crippen LogP contribution >= 0.6 is 0 Å². The largest absolute Gasteiger partial charge is 0.466 e. The molecule has 0 saturated heterocycles. The molecule has 0 bridgehead atoms. The number of carbonyl (C=O) groups is 1.